The van der Waals surface area contributed by atoms with Crippen LogP contribution in [0.2, 0.25) is 5.02 Å². The number of thiophene rings is 1. The van der Waals surface area contributed by atoms with E-state index in [-0.39, 0.29) is 17.4 Å². The standard InChI is InChI=1S/C15H13BrClNOS/c1-15(2)12(8-3-5-9(17)6-4-8)10-7-11(16)20-13(10)14(19)18-15/h3-7,12H,1-2H3,(H,18,19). The van der Waals surface area contributed by atoms with Crippen LogP contribution in [0.5, 0.6) is 0 Å². The molecule has 0 radical (unpaired) electrons. The SMILES string of the molecule is CC1(C)NC(=O)c2sc(Br)cc2C1c1ccc(Cl)cc1. The minimum Gasteiger partial charge on any atom is -0.345 e. The van der Waals surface area contributed by atoms with Crippen LogP contribution in [0.25, 0.3) is 0 Å². The van der Waals surface area contributed by atoms with Crippen LogP contribution in [-0.2, 0) is 0 Å². The maximum atomic E-state index is 12.2. The maximum Gasteiger partial charge on any atom is 0.262 e. The van der Waals surface area contributed by atoms with Crippen molar-refractivity contribution in [1.82, 2.24) is 5.32 Å². The van der Waals surface area contributed by atoms with E-state index < -0.39 is 0 Å². The molecule has 1 amide bonds. The molecule has 1 aromatic carbocycles. The highest BCUT2D eigenvalue weighted by Gasteiger charge is 2.41. The lowest BCUT2D eigenvalue weighted by atomic mass is 9.75. The molecule has 1 aromatic heterocycles. The average molecular weight is 371 g/mol. The first kappa shape index (κ1) is 14.1. The van der Waals surface area contributed by atoms with Crippen molar-refractivity contribution >= 4 is 44.8 Å². The normalized spacial score (nSPS) is 20.4. The smallest absolute Gasteiger partial charge is 0.262 e. The van der Waals surface area contributed by atoms with Gasteiger partial charge in [0.05, 0.1) is 8.66 Å². The molecule has 1 N–H and O–H groups in total. The van der Waals surface area contributed by atoms with Gasteiger partial charge in [0.1, 0.15) is 0 Å². The van der Waals surface area contributed by atoms with E-state index in [9.17, 15) is 4.79 Å². The Hall–Kier alpha value is -0.840. The summed E-state index contributed by atoms with van der Waals surface area (Å²) in [6.07, 6.45) is 0. The number of halogens is 2. The Balaban J connectivity index is 2.18. The third-order valence-electron chi connectivity index (χ3n) is 3.61. The molecule has 0 bridgehead atoms. The van der Waals surface area contributed by atoms with Crippen molar-refractivity contribution in [1.29, 1.82) is 0 Å². The number of amides is 1. The summed E-state index contributed by atoms with van der Waals surface area (Å²) in [7, 11) is 0. The molecule has 2 aromatic rings. The van der Waals surface area contributed by atoms with Crippen molar-refractivity contribution < 1.29 is 4.79 Å². The number of rotatable bonds is 1. The Bertz CT molecular complexity index is 678. The van der Waals surface area contributed by atoms with Crippen LogP contribution < -0.4 is 5.32 Å². The molecule has 1 atom stereocenters. The monoisotopic (exact) mass is 369 g/mol. The first-order chi connectivity index (χ1) is 9.38. The summed E-state index contributed by atoms with van der Waals surface area (Å²) < 4.78 is 0.981. The van der Waals surface area contributed by atoms with Crippen molar-refractivity contribution in [3.63, 3.8) is 0 Å². The number of carbonyl (C=O) groups is 1. The van der Waals surface area contributed by atoms with E-state index in [0.29, 0.717) is 0 Å². The zero-order valence-corrected chi connectivity index (χ0v) is 14.2. The minimum atomic E-state index is -0.335. The van der Waals surface area contributed by atoms with E-state index in [1.54, 1.807) is 0 Å². The second kappa shape index (κ2) is 4.86. The Morgan fingerprint density at radius 3 is 2.60 bits per heavy atom. The fraction of sp³-hybridized carbons (Fsp3) is 0.267. The van der Waals surface area contributed by atoms with Crippen molar-refractivity contribution in [3.8, 4) is 0 Å². The fourth-order valence-corrected chi connectivity index (χ4v) is 4.50. The molecular weight excluding hydrogens is 358 g/mol. The van der Waals surface area contributed by atoms with Crippen LogP contribution in [0.1, 0.15) is 40.6 Å². The quantitative estimate of drug-likeness (QED) is 0.766. The molecule has 2 nitrogen and oxygen atoms in total. The number of nitrogens with one attached hydrogen (secondary N) is 1. The number of benzene rings is 1. The van der Waals surface area contributed by atoms with Gasteiger partial charge in [-0.1, -0.05) is 23.7 Å². The van der Waals surface area contributed by atoms with Crippen LogP contribution in [0.4, 0.5) is 0 Å². The zero-order valence-electron chi connectivity index (χ0n) is 11.0. The molecule has 0 aliphatic carbocycles. The van der Waals surface area contributed by atoms with E-state index in [1.807, 2.05) is 24.3 Å². The van der Waals surface area contributed by atoms with Crippen LogP contribution >= 0.6 is 38.9 Å². The van der Waals surface area contributed by atoms with Gasteiger partial charge in [-0.3, -0.25) is 4.79 Å². The van der Waals surface area contributed by atoms with Crippen LogP contribution in [0.3, 0.4) is 0 Å². The number of hydrogen-bond donors (Lipinski definition) is 1. The molecule has 0 saturated heterocycles. The molecule has 0 spiro atoms. The lowest BCUT2D eigenvalue weighted by Gasteiger charge is -2.39. The number of hydrogen-bond acceptors (Lipinski definition) is 2. The van der Waals surface area contributed by atoms with Gasteiger partial charge >= 0.3 is 0 Å². The van der Waals surface area contributed by atoms with Gasteiger partial charge in [-0.25, -0.2) is 0 Å². The third kappa shape index (κ3) is 2.30. The molecule has 2 heterocycles. The van der Waals surface area contributed by atoms with Crippen LogP contribution in [0, 0.1) is 0 Å². The lowest BCUT2D eigenvalue weighted by Crippen LogP contribution is -2.51. The maximum absolute atomic E-state index is 12.2. The first-order valence-electron chi connectivity index (χ1n) is 6.26. The molecule has 1 aliphatic rings. The van der Waals surface area contributed by atoms with Crippen molar-refractivity contribution in [2.75, 3.05) is 0 Å². The second-order valence-corrected chi connectivity index (χ2v) is 8.36. The molecule has 0 fully saturated rings. The number of fused-ring (bicyclic) bond motifs is 1. The van der Waals surface area contributed by atoms with Gasteiger partial charge in [0.2, 0.25) is 0 Å². The largest absolute Gasteiger partial charge is 0.345 e. The molecule has 104 valence electrons. The highest BCUT2D eigenvalue weighted by atomic mass is 79.9. The van der Waals surface area contributed by atoms with Gasteiger partial charge in [0.15, 0.2) is 0 Å². The van der Waals surface area contributed by atoms with E-state index >= 15 is 0 Å². The Kier molecular flexibility index (Phi) is 3.43. The van der Waals surface area contributed by atoms with E-state index in [0.717, 1.165) is 24.8 Å². The highest BCUT2D eigenvalue weighted by Crippen LogP contribution is 2.44. The van der Waals surface area contributed by atoms with Crippen molar-refractivity contribution in [2.24, 2.45) is 0 Å². The molecule has 1 unspecified atom stereocenters. The summed E-state index contributed by atoms with van der Waals surface area (Å²) in [6.45, 7) is 4.11. The van der Waals surface area contributed by atoms with Gasteiger partial charge in [-0.05, 0) is 59.1 Å². The molecule has 20 heavy (non-hydrogen) atoms. The molecule has 3 rings (SSSR count). The fourth-order valence-electron chi connectivity index (χ4n) is 2.83. The lowest BCUT2D eigenvalue weighted by molar-refractivity contribution is 0.0891. The summed E-state index contributed by atoms with van der Waals surface area (Å²) in [6, 6.07) is 9.90. The van der Waals surface area contributed by atoms with Gasteiger partial charge < -0.3 is 5.32 Å². The van der Waals surface area contributed by atoms with E-state index in [2.05, 4.69) is 41.2 Å². The molecular formula is C15H13BrClNOS. The van der Waals surface area contributed by atoms with Crippen molar-refractivity contribution in [3.05, 3.63) is 55.1 Å². The summed E-state index contributed by atoms with van der Waals surface area (Å²) in [5.74, 6) is 0.126. The summed E-state index contributed by atoms with van der Waals surface area (Å²) in [5, 5.41) is 3.83. The number of carbonyl (C=O) groups excluding carboxylic acids is 1. The van der Waals surface area contributed by atoms with Gasteiger partial charge in [0, 0.05) is 16.5 Å². The summed E-state index contributed by atoms with van der Waals surface area (Å²) in [5.41, 5.74) is 1.90. The second-order valence-electron chi connectivity index (χ2n) is 5.50. The van der Waals surface area contributed by atoms with Crippen molar-refractivity contribution in [2.45, 2.75) is 25.3 Å². The van der Waals surface area contributed by atoms with Crippen LogP contribution in [0.15, 0.2) is 34.1 Å². The van der Waals surface area contributed by atoms with Gasteiger partial charge in [-0.15, -0.1) is 11.3 Å². The third-order valence-corrected chi connectivity index (χ3v) is 5.51. The zero-order chi connectivity index (χ0) is 14.5. The molecule has 0 saturated carbocycles. The van der Waals surface area contributed by atoms with E-state index in [1.165, 1.54) is 11.3 Å². The van der Waals surface area contributed by atoms with Crippen LogP contribution in [-0.4, -0.2) is 11.4 Å². The predicted octanol–water partition coefficient (Wildman–Crippen LogP) is 4.82. The predicted molar refractivity (Wildman–Crippen MR) is 86.9 cm³/mol. The Morgan fingerprint density at radius 2 is 1.95 bits per heavy atom. The Morgan fingerprint density at radius 1 is 1.30 bits per heavy atom. The van der Waals surface area contributed by atoms with E-state index in [4.69, 9.17) is 11.6 Å². The minimum absolute atomic E-state index is 0.00548. The van der Waals surface area contributed by atoms with Gasteiger partial charge in [-0.2, -0.15) is 0 Å². The van der Waals surface area contributed by atoms with Gasteiger partial charge in [0.25, 0.3) is 5.91 Å². The summed E-state index contributed by atoms with van der Waals surface area (Å²) >= 11 is 10.9. The molecule has 5 heteroatoms. The Labute approximate surface area is 135 Å². The highest BCUT2D eigenvalue weighted by molar-refractivity contribution is 9.11. The first-order valence-corrected chi connectivity index (χ1v) is 8.24. The molecule has 1 aliphatic heterocycles. The summed E-state index contributed by atoms with van der Waals surface area (Å²) in [4.78, 5) is 13.0. The average Bonchev–Trinajstić information content (AvgIpc) is 2.72. The topological polar surface area (TPSA) is 29.1 Å².